The van der Waals surface area contributed by atoms with E-state index < -0.39 is 5.97 Å². The first-order chi connectivity index (χ1) is 11.0. The van der Waals surface area contributed by atoms with E-state index in [1.54, 1.807) is 0 Å². The zero-order valence-corrected chi connectivity index (χ0v) is 13.3. The summed E-state index contributed by atoms with van der Waals surface area (Å²) in [6, 6.07) is 10.1. The molecule has 3 rings (SSSR count). The minimum Gasteiger partial charge on any atom is -0.495 e. The van der Waals surface area contributed by atoms with Crippen LogP contribution >= 0.6 is 0 Å². The molecule has 0 saturated carbocycles. The van der Waals surface area contributed by atoms with Crippen LogP contribution in [0.1, 0.15) is 27.2 Å². The first-order valence-corrected chi connectivity index (χ1v) is 7.34. The highest BCUT2D eigenvalue weighted by Crippen LogP contribution is 2.34. The van der Waals surface area contributed by atoms with Gasteiger partial charge in [-0.2, -0.15) is 0 Å². The number of rotatable bonds is 4. The molecule has 2 heterocycles. The third kappa shape index (κ3) is 2.44. The van der Waals surface area contributed by atoms with Crippen LogP contribution in [0.2, 0.25) is 0 Å². The maximum atomic E-state index is 11.4. The minimum absolute atomic E-state index is 0.0833. The van der Waals surface area contributed by atoms with Crippen molar-refractivity contribution in [3.8, 4) is 5.75 Å². The lowest BCUT2D eigenvalue weighted by Gasteiger charge is -2.09. The van der Waals surface area contributed by atoms with Crippen LogP contribution in [0.3, 0.4) is 0 Å². The number of ether oxygens (including phenoxy) is 1. The molecule has 0 aliphatic carbocycles. The van der Waals surface area contributed by atoms with E-state index in [-0.39, 0.29) is 5.56 Å². The molecule has 0 atom stereocenters. The van der Waals surface area contributed by atoms with Crippen LogP contribution in [0.5, 0.6) is 5.75 Å². The third-order valence-electron chi connectivity index (χ3n) is 4.21. The van der Waals surface area contributed by atoms with Gasteiger partial charge < -0.3 is 14.4 Å². The Morgan fingerprint density at radius 3 is 2.57 bits per heavy atom. The molecule has 0 amide bonds. The number of carboxylic acid groups (broad SMARTS) is 1. The number of pyridine rings is 1. The molecule has 0 saturated heterocycles. The summed E-state index contributed by atoms with van der Waals surface area (Å²) < 4.78 is 7.48. The zero-order valence-electron chi connectivity index (χ0n) is 13.3. The topological polar surface area (TPSA) is 64.3 Å². The number of carbonyl (C=O) groups is 1. The molecule has 3 aromatic rings. The summed E-state index contributed by atoms with van der Waals surface area (Å²) >= 11 is 0. The number of fused-ring (bicyclic) bond motifs is 1. The van der Waals surface area contributed by atoms with Crippen LogP contribution in [0.4, 0.5) is 0 Å². The Kier molecular flexibility index (Phi) is 3.78. The van der Waals surface area contributed by atoms with Gasteiger partial charge in [-0.1, -0.05) is 30.3 Å². The standard InChI is InChI=1S/C18H18N2O3/c1-11-12(2)20(10-13-7-5-4-6-8-13)17-15(11)16(23-3)14(9-19-17)18(21)22/h4-9H,10H2,1-3H3,(H,21,22). The number of carboxylic acids is 1. The molecule has 2 aromatic heterocycles. The molecule has 0 fully saturated rings. The average molecular weight is 310 g/mol. The fourth-order valence-electron chi connectivity index (χ4n) is 2.89. The summed E-state index contributed by atoms with van der Waals surface area (Å²) in [5.41, 5.74) is 4.03. The second kappa shape index (κ2) is 5.76. The van der Waals surface area contributed by atoms with Gasteiger partial charge in [0.15, 0.2) is 0 Å². The Bertz CT molecular complexity index is 882. The van der Waals surface area contributed by atoms with Gasteiger partial charge >= 0.3 is 5.97 Å². The first kappa shape index (κ1) is 15.1. The molecule has 5 nitrogen and oxygen atoms in total. The Hall–Kier alpha value is -2.82. The van der Waals surface area contributed by atoms with Gasteiger partial charge in [0.25, 0.3) is 0 Å². The van der Waals surface area contributed by atoms with E-state index in [2.05, 4.69) is 21.7 Å². The van der Waals surface area contributed by atoms with Crippen molar-refractivity contribution < 1.29 is 14.6 Å². The Morgan fingerprint density at radius 1 is 1.26 bits per heavy atom. The second-order valence-electron chi connectivity index (χ2n) is 5.49. The van der Waals surface area contributed by atoms with Crippen molar-refractivity contribution in [3.05, 3.63) is 58.9 Å². The number of aromatic nitrogens is 2. The molecular weight excluding hydrogens is 292 g/mol. The molecule has 0 radical (unpaired) electrons. The molecule has 0 bridgehead atoms. The van der Waals surface area contributed by atoms with Gasteiger partial charge in [0.05, 0.1) is 12.5 Å². The Labute approximate surface area is 134 Å². The summed E-state index contributed by atoms with van der Waals surface area (Å²) in [7, 11) is 1.49. The minimum atomic E-state index is -1.04. The van der Waals surface area contributed by atoms with Gasteiger partial charge in [-0.15, -0.1) is 0 Å². The van der Waals surface area contributed by atoms with Crippen molar-refractivity contribution >= 4 is 17.0 Å². The van der Waals surface area contributed by atoms with Crippen LogP contribution in [-0.4, -0.2) is 27.7 Å². The highest BCUT2D eigenvalue weighted by Gasteiger charge is 2.22. The van der Waals surface area contributed by atoms with E-state index in [0.29, 0.717) is 12.3 Å². The van der Waals surface area contributed by atoms with E-state index in [4.69, 9.17) is 4.74 Å². The van der Waals surface area contributed by atoms with Gasteiger partial charge in [-0.25, -0.2) is 9.78 Å². The van der Waals surface area contributed by atoms with Gasteiger partial charge in [0, 0.05) is 18.4 Å². The highest BCUT2D eigenvalue weighted by atomic mass is 16.5. The largest absolute Gasteiger partial charge is 0.495 e. The summed E-state index contributed by atoms with van der Waals surface area (Å²) in [5, 5.41) is 10.1. The molecule has 0 aliphatic heterocycles. The van der Waals surface area contributed by atoms with Crippen LogP contribution in [0, 0.1) is 13.8 Å². The van der Waals surface area contributed by atoms with Crippen molar-refractivity contribution in [1.82, 2.24) is 9.55 Å². The van der Waals surface area contributed by atoms with E-state index in [1.807, 2.05) is 32.0 Å². The fraction of sp³-hybridized carbons (Fsp3) is 0.222. The van der Waals surface area contributed by atoms with Gasteiger partial charge in [-0.05, 0) is 25.0 Å². The van der Waals surface area contributed by atoms with Crippen molar-refractivity contribution in [2.45, 2.75) is 20.4 Å². The maximum absolute atomic E-state index is 11.4. The maximum Gasteiger partial charge on any atom is 0.341 e. The quantitative estimate of drug-likeness (QED) is 0.802. The van der Waals surface area contributed by atoms with Crippen LogP contribution in [0.15, 0.2) is 36.5 Å². The van der Waals surface area contributed by atoms with Crippen LogP contribution < -0.4 is 4.74 Å². The van der Waals surface area contributed by atoms with Crippen molar-refractivity contribution in [3.63, 3.8) is 0 Å². The number of methoxy groups -OCH3 is 1. The monoisotopic (exact) mass is 310 g/mol. The normalized spacial score (nSPS) is 10.9. The molecule has 1 aromatic carbocycles. The summed E-state index contributed by atoms with van der Waals surface area (Å²) in [6.07, 6.45) is 1.36. The first-order valence-electron chi connectivity index (χ1n) is 7.34. The highest BCUT2D eigenvalue weighted by molar-refractivity contribution is 6.00. The van der Waals surface area contributed by atoms with E-state index in [0.717, 1.165) is 27.9 Å². The summed E-state index contributed by atoms with van der Waals surface area (Å²) in [4.78, 5) is 15.8. The number of benzene rings is 1. The lowest BCUT2D eigenvalue weighted by molar-refractivity contribution is 0.0693. The lowest BCUT2D eigenvalue weighted by atomic mass is 10.1. The number of aryl methyl sites for hydroxylation is 1. The fourth-order valence-corrected chi connectivity index (χ4v) is 2.89. The zero-order chi connectivity index (χ0) is 16.6. The smallest absolute Gasteiger partial charge is 0.341 e. The van der Waals surface area contributed by atoms with Gasteiger partial charge in [0.2, 0.25) is 0 Å². The lowest BCUT2D eigenvalue weighted by Crippen LogP contribution is -2.05. The van der Waals surface area contributed by atoms with Gasteiger partial charge in [0.1, 0.15) is 17.0 Å². The predicted octanol–water partition coefficient (Wildman–Crippen LogP) is 3.41. The van der Waals surface area contributed by atoms with Crippen LogP contribution in [0.25, 0.3) is 11.0 Å². The molecule has 0 spiro atoms. The SMILES string of the molecule is COc1c(C(=O)O)cnc2c1c(C)c(C)n2Cc1ccccc1. The van der Waals surface area contributed by atoms with Crippen LogP contribution in [-0.2, 0) is 6.54 Å². The number of hydrogen-bond acceptors (Lipinski definition) is 3. The molecular formula is C18H18N2O3. The van der Waals surface area contributed by atoms with Gasteiger partial charge in [-0.3, -0.25) is 0 Å². The molecule has 23 heavy (non-hydrogen) atoms. The molecule has 118 valence electrons. The third-order valence-corrected chi connectivity index (χ3v) is 4.21. The summed E-state index contributed by atoms with van der Waals surface area (Å²) in [5.74, 6) is -0.668. The van der Waals surface area contributed by atoms with Crippen molar-refractivity contribution in [2.75, 3.05) is 7.11 Å². The van der Waals surface area contributed by atoms with E-state index in [1.165, 1.54) is 13.3 Å². The van der Waals surface area contributed by atoms with Crippen molar-refractivity contribution in [2.24, 2.45) is 0 Å². The Balaban J connectivity index is 2.25. The molecule has 1 N–H and O–H groups in total. The summed E-state index contributed by atoms with van der Waals surface area (Å²) in [6.45, 7) is 4.66. The van der Waals surface area contributed by atoms with Crippen molar-refractivity contribution in [1.29, 1.82) is 0 Å². The molecule has 5 heteroatoms. The molecule has 0 aliphatic rings. The van der Waals surface area contributed by atoms with E-state index in [9.17, 15) is 9.90 Å². The predicted molar refractivity (Wildman–Crippen MR) is 88.3 cm³/mol. The van der Waals surface area contributed by atoms with E-state index >= 15 is 0 Å². The number of nitrogens with zero attached hydrogens (tertiary/aromatic N) is 2. The number of aromatic carboxylic acids is 1. The second-order valence-corrected chi connectivity index (χ2v) is 5.49. The average Bonchev–Trinajstić information content (AvgIpc) is 2.80. The molecule has 0 unspecified atom stereocenters. The Morgan fingerprint density at radius 2 is 1.96 bits per heavy atom. The number of hydrogen-bond donors (Lipinski definition) is 1.